The number of piperazine rings is 1. The number of hydrogen-bond acceptors (Lipinski definition) is 3. The molecule has 15 heavy (non-hydrogen) atoms. The number of allylic oxidation sites excluding steroid dienone is 1. The topological polar surface area (TPSA) is 26.7 Å². The molecule has 1 heterocycles. The molecular weight excluding hydrogens is 188 g/mol. The van der Waals surface area contributed by atoms with Crippen molar-refractivity contribution in [3.8, 4) is 0 Å². The molecule has 1 N–H and O–H groups in total. The Hall–Kier alpha value is -0.380. The first kappa shape index (κ1) is 11.1. The lowest BCUT2D eigenvalue weighted by Gasteiger charge is -2.41. The van der Waals surface area contributed by atoms with Gasteiger partial charge in [-0.1, -0.05) is 12.2 Å². The number of hydrogen-bond donors (Lipinski definition) is 1. The van der Waals surface area contributed by atoms with Gasteiger partial charge in [-0.2, -0.15) is 0 Å². The molecule has 86 valence electrons. The average molecular weight is 210 g/mol. The van der Waals surface area contributed by atoms with Gasteiger partial charge in [0.15, 0.2) is 0 Å². The molecule has 3 heteroatoms. The molecule has 1 aliphatic carbocycles. The predicted molar refractivity (Wildman–Crippen MR) is 61.8 cm³/mol. The van der Waals surface area contributed by atoms with Crippen LogP contribution in [0.2, 0.25) is 0 Å². The highest BCUT2D eigenvalue weighted by Gasteiger charge is 2.29. The van der Waals surface area contributed by atoms with Crippen LogP contribution in [0.1, 0.15) is 12.8 Å². The van der Waals surface area contributed by atoms with Gasteiger partial charge in [0.1, 0.15) is 0 Å². The third-order valence-corrected chi connectivity index (χ3v) is 3.77. The maximum absolute atomic E-state index is 9.37. The Kier molecular flexibility index (Phi) is 3.78. The summed E-state index contributed by atoms with van der Waals surface area (Å²) in [6.45, 7) is 4.98. The molecule has 0 amide bonds. The van der Waals surface area contributed by atoms with E-state index >= 15 is 0 Å². The standard InChI is InChI=1S/C12H22N2O/c1-13-6-8-14(9-7-13)12-5-3-2-4-11(12)10-15/h2-3,11-12,15H,4-10H2,1H3. The van der Waals surface area contributed by atoms with Gasteiger partial charge in [-0.25, -0.2) is 0 Å². The van der Waals surface area contributed by atoms with Crippen molar-refractivity contribution in [2.45, 2.75) is 18.9 Å². The fourth-order valence-corrected chi connectivity index (χ4v) is 2.65. The van der Waals surface area contributed by atoms with Crippen LogP contribution in [0.25, 0.3) is 0 Å². The molecule has 1 aliphatic heterocycles. The number of aliphatic hydroxyl groups excluding tert-OH is 1. The van der Waals surface area contributed by atoms with Crippen molar-refractivity contribution in [3.05, 3.63) is 12.2 Å². The van der Waals surface area contributed by atoms with Crippen LogP contribution in [0, 0.1) is 5.92 Å². The molecular formula is C12H22N2O. The van der Waals surface area contributed by atoms with Crippen molar-refractivity contribution in [1.82, 2.24) is 9.80 Å². The van der Waals surface area contributed by atoms with Gasteiger partial charge < -0.3 is 10.0 Å². The van der Waals surface area contributed by atoms with Gasteiger partial charge in [0, 0.05) is 44.7 Å². The van der Waals surface area contributed by atoms with Gasteiger partial charge in [-0.15, -0.1) is 0 Å². The normalized spacial score (nSPS) is 34.5. The van der Waals surface area contributed by atoms with Crippen molar-refractivity contribution in [1.29, 1.82) is 0 Å². The van der Waals surface area contributed by atoms with Crippen LogP contribution in [0.3, 0.4) is 0 Å². The van der Waals surface area contributed by atoms with Crippen LogP contribution >= 0.6 is 0 Å². The minimum Gasteiger partial charge on any atom is -0.396 e. The van der Waals surface area contributed by atoms with Gasteiger partial charge in [-0.3, -0.25) is 4.90 Å². The third kappa shape index (κ3) is 2.60. The van der Waals surface area contributed by atoms with Gasteiger partial charge in [0.25, 0.3) is 0 Å². The van der Waals surface area contributed by atoms with E-state index in [1.165, 1.54) is 13.1 Å². The summed E-state index contributed by atoms with van der Waals surface area (Å²) in [5, 5.41) is 9.37. The second-order valence-corrected chi connectivity index (χ2v) is 4.79. The van der Waals surface area contributed by atoms with Gasteiger partial charge in [0.2, 0.25) is 0 Å². The van der Waals surface area contributed by atoms with Crippen molar-refractivity contribution in [3.63, 3.8) is 0 Å². The molecule has 0 aromatic heterocycles. The second-order valence-electron chi connectivity index (χ2n) is 4.79. The fourth-order valence-electron chi connectivity index (χ4n) is 2.65. The zero-order valence-corrected chi connectivity index (χ0v) is 9.60. The van der Waals surface area contributed by atoms with Crippen LogP contribution in [-0.4, -0.2) is 60.8 Å². The van der Waals surface area contributed by atoms with Crippen molar-refractivity contribution in [2.75, 3.05) is 39.8 Å². The molecule has 2 aliphatic rings. The summed E-state index contributed by atoms with van der Waals surface area (Å²) in [6.07, 6.45) is 6.66. The molecule has 0 radical (unpaired) electrons. The van der Waals surface area contributed by atoms with E-state index in [1.807, 2.05) is 0 Å². The summed E-state index contributed by atoms with van der Waals surface area (Å²) in [5.41, 5.74) is 0. The van der Waals surface area contributed by atoms with Crippen molar-refractivity contribution in [2.24, 2.45) is 5.92 Å². The Balaban J connectivity index is 1.93. The molecule has 0 bridgehead atoms. The zero-order valence-electron chi connectivity index (χ0n) is 9.60. The average Bonchev–Trinajstić information content (AvgIpc) is 2.30. The lowest BCUT2D eigenvalue weighted by molar-refractivity contribution is 0.0566. The number of aliphatic hydroxyl groups is 1. The second kappa shape index (κ2) is 5.10. The Labute approximate surface area is 92.4 Å². The molecule has 0 aromatic carbocycles. The highest BCUT2D eigenvalue weighted by atomic mass is 16.3. The quantitative estimate of drug-likeness (QED) is 0.675. The lowest BCUT2D eigenvalue weighted by atomic mass is 9.88. The first-order chi connectivity index (χ1) is 7.31. The van der Waals surface area contributed by atoms with Crippen molar-refractivity contribution < 1.29 is 5.11 Å². The molecule has 2 rings (SSSR count). The molecule has 1 fully saturated rings. The highest BCUT2D eigenvalue weighted by Crippen LogP contribution is 2.24. The van der Waals surface area contributed by atoms with E-state index in [0.717, 1.165) is 25.9 Å². The van der Waals surface area contributed by atoms with Crippen LogP contribution in [0.4, 0.5) is 0 Å². The number of rotatable bonds is 2. The molecule has 0 aromatic rings. The lowest BCUT2D eigenvalue weighted by Crippen LogP contribution is -2.52. The first-order valence-electron chi connectivity index (χ1n) is 5.99. The molecule has 2 unspecified atom stereocenters. The third-order valence-electron chi connectivity index (χ3n) is 3.77. The number of nitrogens with zero attached hydrogens (tertiary/aromatic N) is 2. The maximum atomic E-state index is 9.37. The smallest absolute Gasteiger partial charge is 0.0477 e. The van der Waals surface area contributed by atoms with Crippen LogP contribution in [0.5, 0.6) is 0 Å². The van der Waals surface area contributed by atoms with Gasteiger partial charge >= 0.3 is 0 Å². The Morgan fingerprint density at radius 1 is 1.13 bits per heavy atom. The fraction of sp³-hybridized carbons (Fsp3) is 0.833. The van der Waals surface area contributed by atoms with E-state index in [2.05, 4.69) is 29.0 Å². The monoisotopic (exact) mass is 210 g/mol. The SMILES string of the molecule is CN1CCN(C2CC=CCC2CO)CC1. The zero-order chi connectivity index (χ0) is 10.7. The minimum absolute atomic E-state index is 0.335. The molecule has 2 atom stereocenters. The number of likely N-dealkylation sites (N-methyl/N-ethyl adjacent to an activating group) is 1. The summed E-state index contributed by atoms with van der Waals surface area (Å²) in [7, 11) is 2.18. The maximum Gasteiger partial charge on any atom is 0.0477 e. The van der Waals surface area contributed by atoms with E-state index in [0.29, 0.717) is 18.6 Å². The summed E-state index contributed by atoms with van der Waals surface area (Å²) in [5.74, 6) is 0.457. The molecule has 0 spiro atoms. The van der Waals surface area contributed by atoms with E-state index < -0.39 is 0 Å². The molecule has 3 nitrogen and oxygen atoms in total. The summed E-state index contributed by atoms with van der Waals surface area (Å²) in [6, 6.07) is 0.577. The van der Waals surface area contributed by atoms with Crippen LogP contribution in [-0.2, 0) is 0 Å². The minimum atomic E-state index is 0.335. The van der Waals surface area contributed by atoms with Gasteiger partial charge in [0.05, 0.1) is 0 Å². The Bertz CT molecular complexity index is 222. The summed E-state index contributed by atoms with van der Waals surface area (Å²) in [4.78, 5) is 4.94. The first-order valence-corrected chi connectivity index (χ1v) is 5.99. The van der Waals surface area contributed by atoms with Gasteiger partial charge in [-0.05, 0) is 19.9 Å². The largest absolute Gasteiger partial charge is 0.396 e. The van der Waals surface area contributed by atoms with Crippen LogP contribution in [0.15, 0.2) is 12.2 Å². The van der Waals surface area contributed by atoms with Crippen molar-refractivity contribution >= 4 is 0 Å². The highest BCUT2D eigenvalue weighted by molar-refractivity contribution is 4.99. The Morgan fingerprint density at radius 2 is 1.80 bits per heavy atom. The van der Waals surface area contributed by atoms with E-state index in [1.54, 1.807) is 0 Å². The predicted octanol–water partition coefficient (Wildman–Crippen LogP) is 0.561. The van der Waals surface area contributed by atoms with E-state index in [9.17, 15) is 5.11 Å². The Morgan fingerprint density at radius 3 is 2.47 bits per heavy atom. The molecule has 1 saturated heterocycles. The van der Waals surface area contributed by atoms with E-state index in [-0.39, 0.29) is 0 Å². The summed E-state index contributed by atoms with van der Waals surface area (Å²) < 4.78 is 0. The van der Waals surface area contributed by atoms with Crippen LogP contribution < -0.4 is 0 Å². The van der Waals surface area contributed by atoms with E-state index in [4.69, 9.17) is 0 Å². The summed E-state index contributed by atoms with van der Waals surface area (Å²) >= 11 is 0. The molecule has 0 saturated carbocycles.